The molecule has 2 heterocycles. The number of allylic oxidation sites excluding steroid dienone is 1. The van der Waals surface area contributed by atoms with Crippen LogP contribution in [-0.4, -0.2) is 9.55 Å². The third-order valence-electron chi connectivity index (χ3n) is 2.83. The van der Waals surface area contributed by atoms with Crippen LogP contribution in [0.2, 0.25) is 0 Å². The van der Waals surface area contributed by atoms with E-state index in [1.807, 2.05) is 0 Å². The lowest BCUT2D eigenvalue weighted by Crippen LogP contribution is -1.99. The second kappa shape index (κ2) is 3.26. The highest BCUT2D eigenvalue weighted by Gasteiger charge is 2.17. The minimum Gasteiger partial charge on any atom is -0.327 e. The molecule has 1 aromatic heterocycles. The highest BCUT2D eigenvalue weighted by atomic mass is 15.1. The molecule has 0 spiro atoms. The second-order valence-corrected chi connectivity index (χ2v) is 4.68. The van der Waals surface area contributed by atoms with E-state index in [0.717, 1.165) is 12.4 Å². The summed E-state index contributed by atoms with van der Waals surface area (Å²) in [6.45, 7) is 9.88. The summed E-state index contributed by atoms with van der Waals surface area (Å²) in [4.78, 5) is 4.61. The van der Waals surface area contributed by atoms with E-state index < -0.39 is 0 Å². The van der Waals surface area contributed by atoms with Gasteiger partial charge in [-0.1, -0.05) is 27.7 Å². The number of hydrogen-bond donors (Lipinski definition) is 0. The lowest BCUT2D eigenvalue weighted by Gasteiger charge is -2.05. The molecule has 1 aromatic rings. The maximum atomic E-state index is 4.61. The fourth-order valence-corrected chi connectivity index (χ4v) is 1.73. The summed E-state index contributed by atoms with van der Waals surface area (Å²) in [5.41, 5.74) is 2.70. The van der Waals surface area contributed by atoms with Crippen molar-refractivity contribution in [2.75, 3.05) is 0 Å². The van der Waals surface area contributed by atoms with Crippen LogP contribution in [0.1, 0.15) is 45.1 Å². The van der Waals surface area contributed by atoms with Crippen LogP contribution in [0.4, 0.5) is 0 Å². The molecule has 2 heteroatoms. The maximum Gasteiger partial charge on any atom is 0.133 e. The van der Waals surface area contributed by atoms with Gasteiger partial charge >= 0.3 is 0 Å². The smallest absolute Gasteiger partial charge is 0.133 e. The molecule has 1 aliphatic heterocycles. The molecule has 0 aliphatic carbocycles. The molecule has 14 heavy (non-hydrogen) atoms. The fraction of sp³-hybridized carbons (Fsp3) is 0.583. The van der Waals surface area contributed by atoms with Crippen LogP contribution in [0.5, 0.6) is 0 Å². The molecule has 0 radical (unpaired) electrons. The summed E-state index contributed by atoms with van der Waals surface area (Å²) >= 11 is 0. The molecule has 0 atom stereocenters. The van der Waals surface area contributed by atoms with Crippen molar-refractivity contribution >= 4 is 6.08 Å². The number of fused-ring (bicyclic) bond motifs is 1. The van der Waals surface area contributed by atoms with Crippen molar-refractivity contribution in [1.82, 2.24) is 9.55 Å². The van der Waals surface area contributed by atoms with Gasteiger partial charge in [0.25, 0.3) is 0 Å². The van der Waals surface area contributed by atoms with E-state index in [1.54, 1.807) is 0 Å². The Labute approximate surface area is 85.7 Å². The minimum atomic E-state index is 0.531. The van der Waals surface area contributed by atoms with E-state index in [-0.39, 0.29) is 0 Å². The minimum absolute atomic E-state index is 0.531. The molecule has 0 bridgehead atoms. The Morgan fingerprint density at radius 2 is 1.93 bits per heavy atom. The highest BCUT2D eigenvalue weighted by molar-refractivity contribution is 5.51. The van der Waals surface area contributed by atoms with E-state index in [4.69, 9.17) is 0 Å². The Hall–Kier alpha value is -1.05. The quantitative estimate of drug-likeness (QED) is 0.700. The van der Waals surface area contributed by atoms with Crippen molar-refractivity contribution in [2.45, 2.75) is 40.2 Å². The zero-order valence-electron chi connectivity index (χ0n) is 9.41. The van der Waals surface area contributed by atoms with Crippen LogP contribution in [0.15, 0.2) is 11.8 Å². The van der Waals surface area contributed by atoms with Crippen LogP contribution >= 0.6 is 0 Å². The van der Waals surface area contributed by atoms with E-state index in [9.17, 15) is 0 Å². The molecular weight excluding hydrogens is 172 g/mol. The third kappa shape index (κ3) is 1.49. The molecular formula is C12H18N2. The van der Waals surface area contributed by atoms with Gasteiger partial charge in [0, 0.05) is 12.7 Å². The average Bonchev–Trinajstić information content (AvgIpc) is 2.57. The Balaban J connectivity index is 2.28. The van der Waals surface area contributed by atoms with Crippen LogP contribution in [0.25, 0.3) is 6.08 Å². The zero-order valence-corrected chi connectivity index (χ0v) is 9.41. The molecule has 1 aliphatic rings. The predicted molar refractivity (Wildman–Crippen MR) is 59.1 cm³/mol. The van der Waals surface area contributed by atoms with Gasteiger partial charge in [-0.15, -0.1) is 0 Å². The van der Waals surface area contributed by atoms with E-state index >= 15 is 0 Å². The van der Waals surface area contributed by atoms with Crippen LogP contribution < -0.4 is 0 Å². The van der Waals surface area contributed by atoms with E-state index in [1.165, 1.54) is 11.3 Å². The molecule has 76 valence electrons. The van der Waals surface area contributed by atoms with Gasteiger partial charge < -0.3 is 4.57 Å². The van der Waals surface area contributed by atoms with Crippen LogP contribution in [0, 0.1) is 5.92 Å². The summed E-state index contributed by atoms with van der Waals surface area (Å²) in [6, 6.07) is 0. The summed E-state index contributed by atoms with van der Waals surface area (Å²) < 4.78 is 2.25. The predicted octanol–water partition coefficient (Wildman–Crippen LogP) is 3.06. The molecule has 2 nitrogen and oxygen atoms in total. The van der Waals surface area contributed by atoms with Crippen LogP contribution in [-0.2, 0) is 6.54 Å². The summed E-state index contributed by atoms with van der Waals surface area (Å²) in [5.74, 6) is 2.31. The molecule has 0 amide bonds. The molecule has 0 saturated carbocycles. The van der Waals surface area contributed by atoms with Gasteiger partial charge in [-0.2, -0.15) is 0 Å². The lowest BCUT2D eigenvalue weighted by molar-refractivity contribution is 0.682. The van der Waals surface area contributed by atoms with Crippen molar-refractivity contribution in [3.8, 4) is 0 Å². The standard InChI is InChI=1S/C12H18N2/c1-8(2)10-5-12-13-11(9(3)4)7-14(12)6-10/h5,7-9H,6H2,1-4H3. The Morgan fingerprint density at radius 3 is 2.43 bits per heavy atom. The average molecular weight is 190 g/mol. The molecule has 0 aromatic carbocycles. The SMILES string of the molecule is CC(C)C1=Cc2nc(C(C)C)cn2C1. The molecule has 0 N–H and O–H groups in total. The maximum absolute atomic E-state index is 4.61. The molecule has 0 fully saturated rings. The first-order valence-electron chi connectivity index (χ1n) is 5.35. The van der Waals surface area contributed by atoms with Gasteiger partial charge in [0.15, 0.2) is 0 Å². The Bertz CT molecular complexity index is 370. The third-order valence-corrected chi connectivity index (χ3v) is 2.83. The summed E-state index contributed by atoms with van der Waals surface area (Å²) in [6.07, 6.45) is 4.42. The largest absolute Gasteiger partial charge is 0.327 e. The number of aromatic nitrogens is 2. The first kappa shape index (κ1) is 9.50. The van der Waals surface area contributed by atoms with E-state index in [0.29, 0.717) is 11.8 Å². The van der Waals surface area contributed by atoms with Gasteiger partial charge in [-0.05, 0) is 23.5 Å². The van der Waals surface area contributed by atoms with Crippen molar-refractivity contribution in [3.05, 3.63) is 23.3 Å². The molecule has 0 saturated heterocycles. The Morgan fingerprint density at radius 1 is 1.21 bits per heavy atom. The van der Waals surface area contributed by atoms with Gasteiger partial charge in [0.1, 0.15) is 5.82 Å². The highest BCUT2D eigenvalue weighted by Crippen LogP contribution is 2.25. The van der Waals surface area contributed by atoms with Crippen LogP contribution in [0.3, 0.4) is 0 Å². The lowest BCUT2D eigenvalue weighted by atomic mass is 10.0. The summed E-state index contributed by atoms with van der Waals surface area (Å²) in [7, 11) is 0. The number of imidazole rings is 1. The fourth-order valence-electron chi connectivity index (χ4n) is 1.73. The normalized spacial score (nSPS) is 15.1. The number of rotatable bonds is 2. The van der Waals surface area contributed by atoms with Crippen molar-refractivity contribution in [1.29, 1.82) is 0 Å². The zero-order chi connectivity index (χ0) is 10.3. The van der Waals surface area contributed by atoms with Crippen molar-refractivity contribution in [3.63, 3.8) is 0 Å². The topological polar surface area (TPSA) is 17.8 Å². The van der Waals surface area contributed by atoms with Crippen molar-refractivity contribution in [2.24, 2.45) is 5.92 Å². The van der Waals surface area contributed by atoms with Gasteiger partial charge in [-0.3, -0.25) is 0 Å². The first-order chi connectivity index (χ1) is 6.58. The molecule has 0 unspecified atom stereocenters. The number of hydrogen-bond acceptors (Lipinski definition) is 1. The summed E-state index contributed by atoms with van der Waals surface area (Å²) in [5, 5.41) is 0. The first-order valence-corrected chi connectivity index (χ1v) is 5.35. The van der Waals surface area contributed by atoms with Crippen molar-refractivity contribution < 1.29 is 0 Å². The monoisotopic (exact) mass is 190 g/mol. The van der Waals surface area contributed by atoms with Gasteiger partial charge in [-0.25, -0.2) is 4.98 Å². The van der Waals surface area contributed by atoms with Gasteiger partial charge in [0.05, 0.1) is 5.69 Å². The number of nitrogens with zero attached hydrogens (tertiary/aromatic N) is 2. The Kier molecular flexibility index (Phi) is 2.22. The second-order valence-electron chi connectivity index (χ2n) is 4.68. The van der Waals surface area contributed by atoms with Gasteiger partial charge in [0.2, 0.25) is 0 Å². The van der Waals surface area contributed by atoms with E-state index in [2.05, 4.69) is 49.5 Å². The molecule has 2 rings (SSSR count).